The third-order valence-corrected chi connectivity index (χ3v) is 5.84. The lowest BCUT2D eigenvalue weighted by atomic mass is 10.2. The Morgan fingerprint density at radius 3 is 2.96 bits per heavy atom. The molecule has 1 fully saturated rings. The molecule has 3 aromatic rings. The monoisotopic (exact) mass is 364 g/mol. The lowest BCUT2D eigenvalue weighted by molar-refractivity contribution is 0.230. The highest BCUT2D eigenvalue weighted by atomic mass is 16.1. The maximum atomic E-state index is 12.5. The Bertz CT molecular complexity index is 1020. The SMILES string of the molecule is O=c1[nH]c(C2CCCN2Cc2nnc3n2CCCCC3)nc2ccccc12. The van der Waals surface area contributed by atoms with Crippen molar-refractivity contribution in [3.63, 3.8) is 0 Å². The molecule has 1 unspecified atom stereocenters. The van der Waals surface area contributed by atoms with Gasteiger partial charge in [-0.1, -0.05) is 18.6 Å². The molecule has 2 aliphatic rings. The molecular formula is C20H24N6O. The number of benzene rings is 1. The molecule has 5 rings (SSSR count). The summed E-state index contributed by atoms with van der Waals surface area (Å²) in [5.74, 6) is 2.93. The molecular weight excluding hydrogens is 340 g/mol. The van der Waals surface area contributed by atoms with Gasteiger partial charge in [-0.3, -0.25) is 9.69 Å². The number of hydrogen-bond donors (Lipinski definition) is 1. The number of nitrogens with one attached hydrogen (secondary N) is 1. The summed E-state index contributed by atoms with van der Waals surface area (Å²) in [6.45, 7) is 2.76. The van der Waals surface area contributed by atoms with Crippen molar-refractivity contribution in [1.29, 1.82) is 0 Å². The van der Waals surface area contributed by atoms with Gasteiger partial charge in [0.1, 0.15) is 17.5 Å². The second-order valence-electron chi connectivity index (χ2n) is 7.59. The summed E-state index contributed by atoms with van der Waals surface area (Å²) in [6, 6.07) is 7.66. The first kappa shape index (κ1) is 16.6. The van der Waals surface area contributed by atoms with Gasteiger partial charge in [0.05, 0.1) is 23.5 Å². The number of nitrogens with zero attached hydrogens (tertiary/aromatic N) is 5. The molecule has 2 aliphatic heterocycles. The van der Waals surface area contributed by atoms with Gasteiger partial charge in [-0.15, -0.1) is 10.2 Å². The minimum Gasteiger partial charge on any atom is -0.314 e. The van der Waals surface area contributed by atoms with Gasteiger partial charge < -0.3 is 9.55 Å². The van der Waals surface area contributed by atoms with Crippen molar-refractivity contribution in [2.75, 3.05) is 6.54 Å². The van der Waals surface area contributed by atoms with Crippen LogP contribution in [0.1, 0.15) is 55.6 Å². The zero-order valence-corrected chi connectivity index (χ0v) is 15.4. The second kappa shape index (κ2) is 6.88. The van der Waals surface area contributed by atoms with E-state index in [1.165, 1.54) is 19.3 Å². The summed E-state index contributed by atoms with van der Waals surface area (Å²) < 4.78 is 2.30. The third-order valence-electron chi connectivity index (χ3n) is 5.84. The third kappa shape index (κ3) is 3.06. The van der Waals surface area contributed by atoms with Crippen LogP contribution in [0.25, 0.3) is 10.9 Å². The first-order valence-corrected chi connectivity index (χ1v) is 9.93. The van der Waals surface area contributed by atoms with Crippen molar-refractivity contribution < 1.29 is 0 Å². The Morgan fingerprint density at radius 2 is 2.00 bits per heavy atom. The predicted molar refractivity (Wildman–Crippen MR) is 102 cm³/mol. The normalized spacial score (nSPS) is 20.7. The van der Waals surface area contributed by atoms with E-state index in [1.54, 1.807) is 0 Å². The zero-order chi connectivity index (χ0) is 18.2. The van der Waals surface area contributed by atoms with E-state index in [-0.39, 0.29) is 11.6 Å². The maximum absolute atomic E-state index is 12.5. The minimum absolute atomic E-state index is 0.0567. The Morgan fingerprint density at radius 1 is 1.07 bits per heavy atom. The highest BCUT2D eigenvalue weighted by molar-refractivity contribution is 5.77. The molecule has 0 amide bonds. The van der Waals surface area contributed by atoms with E-state index in [1.807, 2.05) is 24.3 Å². The number of H-pyrrole nitrogens is 1. The van der Waals surface area contributed by atoms with Crippen LogP contribution >= 0.6 is 0 Å². The number of rotatable bonds is 3. The average molecular weight is 364 g/mol. The molecule has 2 aromatic heterocycles. The van der Waals surface area contributed by atoms with Crippen LogP contribution in [0.5, 0.6) is 0 Å². The predicted octanol–water partition coefficient (Wildman–Crippen LogP) is 2.58. The number of aromatic amines is 1. The van der Waals surface area contributed by atoms with Gasteiger partial charge in [-0.2, -0.15) is 0 Å². The molecule has 0 aliphatic carbocycles. The standard InChI is InChI=1S/C20H24N6O/c27-20-14-7-3-4-8-15(14)21-19(22-20)16-9-6-11-25(16)13-18-24-23-17-10-2-1-5-12-26(17)18/h3-4,7-8,16H,1-2,5-6,9-13H2,(H,21,22,27). The summed E-state index contributed by atoms with van der Waals surface area (Å²) in [4.78, 5) is 22.6. The average Bonchev–Trinajstić information content (AvgIpc) is 3.22. The van der Waals surface area contributed by atoms with Crippen LogP contribution in [0.4, 0.5) is 0 Å². The van der Waals surface area contributed by atoms with E-state index in [2.05, 4.69) is 24.6 Å². The molecule has 7 heteroatoms. The van der Waals surface area contributed by atoms with E-state index in [4.69, 9.17) is 4.98 Å². The van der Waals surface area contributed by atoms with Crippen LogP contribution in [0.3, 0.4) is 0 Å². The van der Waals surface area contributed by atoms with E-state index < -0.39 is 0 Å². The zero-order valence-electron chi connectivity index (χ0n) is 15.4. The number of aromatic nitrogens is 5. The Labute approximate surface area is 157 Å². The number of hydrogen-bond acceptors (Lipinski definition) is 5. The summed E-state index contributed by atoms with van der Waals surface area (Å²) in [6.07, 6.45) is 6.78. The fourth-order valence-corrected chi connectivity index (χ4v) is 4.43. The first-order valence-electron chi connectivity index (χ1n) is 9.93. The van der Waals surface area contributed by atoms with Crippen molar-refractivity contribution in [2.24, 2.45) is 0 Å². The Balaban J connectivity index is 1.45. The fraction of sp³-hybridized carbons (Fsp3) is 0.500. The van der Waals surface area contributed by atoms with Gasteiger partial charge in [0.2, 0.25) is 0 Å². The van der Waals surface area contributed by atoms with Gasteiger partial charge in [0.15, 0.2) is 0 Å². The summed E-state index contributed by atoms with van der Waals surface area (Å²) >= 11 is 0. The number of para-hydroxylation sites is 1. The van der Waals surface area contributed by atoms with Crippen molar-refractivity contribution in [3.05, 3.63) is 52.1 Å². The molecule has 4 heterocycles. The highest BCUT2D eigenvalue weighted by Crippen LogP contribution is 2.31. The summed E-state index contributed by atoms with van der Waals surface area (Å²) in [5, 5.41) is 9.55. The molecule has 140 valence electrons. The molecule has 1 atom stereocenters. The fourth-order valence-electron chi connectivity index (χ4n) is 4.43. The molecule has 0 radical (unpaired) electrons. The lowest BCUT2D eigenvalue weighted by Gasteiger charge is -2.23. The summed E-state index contributed by atoms with van der Waals surface area (Å²) in [7, 11) is 0. The number of likely N-dealkylation sites (tertiary alicyclic amines) is 1. The van der Waals surface area contributed by atoms with Gasteiger partial charge in [0.25, 0.3) is 5.56 Å². The molecule has 7 nitrogen and oxygen atoms in total. The van der Waals surface area contributed by atoms with Crippen LogP contribution in [0.15, 0.2) is 29.1 Å². The second-order valence-corrected chi connectivity index (χ2v) is 7.59. The molecule has 1 saturated heterocycles. The van der Waals surface area contributed by atoms with Gasteiger partial charge in [0, 0.05) is 13.0 Å². The molecule has 0 spiro atoms. The largest absolute Gasteiger partial charge is 0.314 e. The van der Waals surface area contributed by atoms with Crippen LogP contribution < -0.4 is 5.56 Å². The molecule has 1 aromatic carbocycles. The first-order chi connectivity index (χ1) is 13.3. The summed E-state index contributed by atoms with van der Waals surface area (Å²) in [5.41, 5.74) is 0.707. The molecule has 0 saturated carbocycles. The number of aryl methyl sites for hydroxylation is 1. The maximum Gasteiger partial charge on any atom is 0.258 e. The van der Waals surface area contributed by atoms with Crippen molar-refractivity contribution in [3.8, 4) is 0 Å². The van der Waals surface area contributed by atoms with Gasteiger partial charge in [-0.25, -0.2) is 4.98 Å². The van der Waals surface area contributed by atoms with E-state index in [0.29, 0.717) is 5.39 Å². The van der Waals surface area contributed by atoms with Crippen LogP contribution in [-0.2, 0) is 19.5 Å². The van der Waals surface area contributed by atoms with Crippen LogP contribution in [0.2, 0.25) is 0 Å². The molecule has 1 N–H and O–H groups in total. The van der Waals surface area contributed by atoms with E-state index >= 15 is 0 Å². The number of fused-ring (bicyclic) bond motifs is 2. The van der Waals surface area contributed by atoms with Crippen molar-refractivity contribution in [1.82, 2.24) is 29.6 Å². The molecule has 0 bridgehead atoms. The van der Waals surface area contributed by atoms with E-state index in [9.17, 15) is 4.79 Å². The van der Waals surface area contributed by atoms with Gasteiger partial charge in [-0.05, 0) is 44.4 Å². The van der Waals surface area contributed by atoms with Crippen molar-refractivity contribution in [2.45, 2.75) is 57.7 Å². The molecule has 27 heavy (non-hydrogen) atoms. The van der Waals surface area contributed by atoms with Crippen LogP contribution in [-0.4, -0.2) is 36.2 Å². The smallest absolute Gasteiger partial charge is 0.258 e. The quantitative estimate of drug-likeness (QED) is 0.773. The van der Waals surface area contributed by atoms with Gasteiger partial charge >= 0.3 is 0 Å². The topological polar surface area (TPSA) is 79.7 Å². The highest BCUT2D eigenvalue weighted by Gasteiger charge is 2.30. The lowest BCUT2D eigenvalue weighted by Crippen LogP contribution is -2.27. The van der Waals surface area contributed by atoms with E-state index in [0.717, 1.165) is 61.9 Å². The Hall–Kier alpha value is -2.54. The van der Waals surface area contributed by atoms with Crippen molar-refractivity contribution >= 4 is 10.9 Å². The Kier molecular flexibility index (Phi) is 4.24. The minimum atomic E-state index is -0.0567. The van der Waals surface area contributed by atoms with Crippen LogP contribution in [0, 0.1) is 0 Å².